The Labute approximate surface area is 186 Å². The Bertz CT molecular complexity index is 1100. The lowest BCUT2D eigenvalue weighted by atomic mass is 9.78. The predicted octanol–water partition coefficient (Wildman–Crippen LogP) is 8.18. The van der Waals surface area contributed by atoms with Gasteiger partial charge in [0, 0.05) is 10.9 Å². The van der Waals surface area contributed by atoms with E-state index < -0.39 is 0 Å². The summed E-state index contributed by atoms with van der Waals surface area (Å²) in [6.45, 7) is 6.14. The van der Waals surface area contributed by atoms with E-state index in [0.717, 1.165) is 17.4 Å². The van der Waals surface area contributed by atoms with Crippen LogP contribution < -0.4 is 0 Å². The number of aryl methyl sites for hydroxylation is 1. The van der Waals surface area contributed by atoms with Crippen LogP contribution in [0.25, 0.3) is 10.8 Å². The average molecular weight is 411 g/mol. The lowest BCUT2D eigenvalue weighted by Gasteiger charge is -2.27. The Hall–Kier alpha value is -2.85. The second-order valence-electron chi connectivity index (χ2n) is 8.81. The summed E-state index contributed by atoms with van der Waals surface area (Å²) in [5.74, 6) is 7.18. The third kappa shape index (κ3) is 5.08. The van der Waals surface area contributed by atoms with E-state index in [1.807, 2.05) is 30.3 Å². The maximum Gasteiger partial charge on any atom is 0.146 e. The highest BCUT2D eigenvalue weighted by Gasteiger charge is 2.21. The fourth-order valence-electron chi connectivity index (χ4n) is 4.62. The SMILES string of the molecule is C=CC1CCC(c2ccc3c(F)c(C#Cc4ccc(CCCC)cc4)ccc3c2)CC1. The van der Waals surface area contributed by atoms with Crippen molar-refractivity contribution in [1.82, 2.24) is 0 Å². The van der Waals surface area contributed by atoms with Crippen molar-refractivity contribution in [1.29, 1.82) is 0 Å². The first-order valence-electron chi connectivity index (χ1n) is 11.6. The zero-order valence-corrected chi connectivity index (χ0v) is 18.5. The molecule has 0 N–H and O–H groups in total. The number of hydrogen-bond acceptors (Lipinski definition) is 0. The van der Waals surface area contributed by atoms with Crippen LogP contribution in [-0.2, 0) is 6.42 Å². The molecule has 0 amide bonds. The van der Waals surface area contributed by atoms with Gasteiger partial charge in [-0.05, 0) is 85.1 Å². The van der Waals surface area contributed by atoms with Gasteiger partial charge >= 0.3 is 0 Å². The van der Waals surface area contributed by atoms with Gasteiger partial charge in [-0.25, -0.2) is 4.39 Å². The molecule has 1 aliphatic rings. The summed E-state index contributed by atoms with van der Waals surface area (Å²) in [4.78, 5) is 0. The summed E-state index contributed by atoms with van der Waals surface area (Å²) in [6.07, 6.45) is 10.4. The van der Waals surface area contributed by atoms with E-state index in [2.05, 4.69) is 55.7 Å². The number of hydrogen-bond donors (Lipinski definition) is 0. The van der Waals surface area contributed by atoms with Crippen molar-refractivity contribution in [3.8, 4) is 11.8 Å². The molecular formula is C30H31F. The van der Waals surface area contributed by atoms with E-state index in [4.69, 9.17) is 0 Å². The van der Waals surface area contributed by atoms with E-state index in [1.54, 1.807) is 0 Å². The van der Waals surface area contributed by atoms with E-state index in [1.165, 1.54) is 49.7 Å². The summed E-state index contributed by atoms with van der Waals surface area (Å²) in [6, 6.07) is 18.4. The monoisotopic (exact) mass is 410 g/mol. The first-order chi connectivity index (χ1) is 15.2. The molecule has 0 atom stereocenters. The van der Waals surface area contributed by atoms with Crippen molar-refractivity contribution in [3.63, 3.8) is 0 Å². The van der Waals surface area contributed by atoms with Gasteiger partial charge in [-0.3, -0.25) is 0 Å². The van der Waals surface area contributed by atoms with Crippen molar-refractivity contribution in [2.24, 2.45) is 5.92 Å². The quantitative estimate of drug-likeness (QED) is 0.294. The molecule has 4 rings (SSSR count). The number of rotatable bonds is 5. The van der Waals surface area contributed by atoms with Crippen LogP contribution in [0.3, 0.4) is 0 Å². The summed E-state index contributed by atoms with van der Waals surface area (Å²) >= 11 is 0. The van der Waals surface area contributed by atoms with Crippen LogP contribution in [-0.4, -0.2) is 0 Å². The predicted molar refractivity (Wildman–Crippen MR) is 130 cm³/mol. The van der Waals surface area contributed by atoms with Gasteiger partial charge in [-0.2, -0.15) is 0 Å². The fourth-order valence-corrected chi connectivity index (χ4v) is 4.62. The molecule has 1 saturated carbocycles. The minimum absolute atomic E-state index is 0.216. The van der Waals surface area contributed by atoms with Crippen molar-refractivity contribution in [2.75, 3.05) is 0 Å². The van der Waals surface area contributed by atoms with Crippen LogP contribution in [0.1, 0.15) is 73.6 Å². The van der Waals surface area contributed by atoms with Gasteiger partial charge < -0.3 is 0 Å². The first kappa shape index (κ1) is 21.4. The molecule has 0 unspecified atom stereocenters. The maximum atomic E-state index is 15.1. The van der Waals surface area contributed by atoms with Gasteiger partial charge in [0.05, 0.1) is 5.56 Å². The van der Waals surface area contributed by atoms with Crippen LogP contribution in [0.2, 0.25) is 0 Å². The highest BCUT2D eigenvalue weighted by Crippen LogP contribution is 2.37. The topological polar surface area (TPSA) is 0 Å². The normalized spacial score (nSPS) is 18.4. The van der Waals surface area contributed by atoms with E-state index in [9.17, 15) is 0 Å². The summed E-state index contributed by atoms with van der Waals surface area (Å²) < 4.78 is 15.1. The maximum absolute atomic E-state index is 15.1. The van der Waals surface area contributed by atoms with E-state index in [-0.39, 0.29) is 5.82 Å². The molecule has 0 aliphatic heterocycles. The van der Waals surface area contributed by atoms with Gasteiger partial charge in [0.1, 0.15) is 5.82 Å². The zero-order chi connectivity index (χ0) is 21.6. The smallest absolute Gasteiger partial charge is 0.146 e. The molecule has 3 aromatic rings. The number of benzene rings is 3. The first-order valence-corrected chi connectivity index (χ1v) is 11.6. The fraction of sp³-hybridized carbons (Fsp3) is 0.333. The molecule has 3 aromatic carbocycles. The Kier molecular flexibility index (Phi) is 6.88. The molecule has 0 nitrogen and oxygen atoms in total. The number of fused-ring (bicyclic) bond motifs is 1. The summed E-state index contributed by atoms with van der Waals surface area (Å²) in [7, 11) is 0. The Balaban J connectivity index is 1.52. The lowest BCUT2D eigenvalue weighted by Crippen LogP contribution is -2.11. The van der Waals surface area contributed by atoms with Crippen molar-refractivity contribution >= 4 is 10.8 Å². The molecule has 1 fully saturated rings. The highest BCUT2D eigenvalue weighted by molar-refractivity contribution is 5.85. The highest BCUT2D eigenvalue weighted by atomic mass is 19.1. The van der Waals surface area contributed by atoms with Gasteiger partial charge in [0.25, 0.3) is 0 Å². The van der Waals surface area contributed by atoms with Gasteiger partial charge in [-0.1, -0.05) is 67.7 Å². The molecule has 0 saturated heterocycles. The van der Waals surface area contributed by atoms with E-state index in [0.29, 0.717) is 22.8 Å². The molecule has 0 heterocycles. The lowest BCUT2D eigenvalue weighted by molar-refractivity contribution is 0.376. The molecule has 1 aliphatic carbocycles. The van der Waals surface area contributed by atoms with Crippen LogP contribution in [0.4, 0.5) is 4.39 Å². The van der Waals surface area contributed by atoms with Gasteiger partial charge in [0.15, 0.2) is 0 Å². The molecule has 31 heavy (non-hydrogen) atoms. The third-order valence-electron chi connectivity index (χ3n) is 6.67. The molecule has 158 valence electrons. The molecule has 0 spiro atoms. The summed E-state index contributed by atoms with van der Waals surface area (Å²) in [5, 5.41) is 1.62. The number of halogens is 1. The minimum atomic E-state index is -0.216. The van der Waals surface area contributed by atoms with Crippen LogP contribution in [0, 0.1) is 23.6 Å². The van der Waals surface area contributed by atoms with E-state index >= 15 is 4.39 Å². The average Bonchev–Trinajstić information content (AvgIpc) is 2.83. The van der Waals surface area contributed by atoms with Gasteiger partial charge in [-0.15, -0.1) is 6.58 Å². The molecular weight excluding hydrogens is 379 g/mol. The van der Waals surface area contributed by atoms with Crippen molar-refractivity contribution in [3.05, 3.63) is 95.3 Å². The Morgan fingerprint density at radius 3 is 2.45 bits per heavy atom. The summed E-state index contributed by atoms with van der Waals surface area (Å²) in [5.41, 5.74) is 4.04. The number of allylic oxidation sites excluding steroid dienone is 1. The van der Waals surface area contributed by atoms with Crippen molar-refractivity contribution in [2.45, 2.75) is 57.8 Å². The third-order valence-corrected chi connectivity index (χ3v) is 6.67. The second kappa shape index (κ2) is 9.97. The van der Waals surface area contributed by atoms with Gasteiger partial charge in [0.2, 0.25) is 0 Å². The largest absolute Gasteiger partial charge is 0.205 e. The Morgan fingerprint density at radius 2 is 1.74 bits per heavy atom. The minimum Gasteiger partial charge on any atom is -0.205 e. The molecule has 1 heteroatoms. The molecule has 0 aromatic heterocycles. The standard InChI is InChI=1S/C30H31F/c1-3-5-6-23-7-9-24(10-8-23)13-16-26-17-18-28-21-27(19-20-29(28)30(26)31)25-14-11-22(4-2)12-15-25/h4,7-10,17-22,25H,2-3,5-6,11-12,14-15H2,1H3. The zero-order valence-electron chi connectivity index (χ0n) is 18.5. The Morgan fingerprint density at radius 1 is 0.968 bits per heavy atom. The number of unbranched alkanes of at least 4 members (excludes halogenated alkanes) is 1. The van der Waals surface area contributed by atoms with Crippen LogP contribution in [0.5, 0.6) is 0 Å². The second-order valence-corrected chi connectivity index (χ2v) is 8.81. The van der Waals surface area contributed by atoms with Crippen LogP contribution >= 0.6 is 0 Å². The van der Waals surface area contributed by atoms with Crippen LogP contribution in [0.15, 0.2) is 67.3 Å². The molecule has 0 bridgehead atoms. The van der Waals surface area contributed by atoms with Crippen molar-refractivity contribution < 1.29 is 4.39 Å². The molecule has 0 radical (unpaired) electrons.